The molecule has 0 radical (unpaired) electrons. The monoisotopic (exact) mass is 251 g/mol. The van der Waals surface area contributed by atoms with Crippen molar-refractivity contribution in [1.82, 2.24) is 19.7 Å². The van der Waals surface area contributed by atoms with Crippen LogP contribution in [0.4, 0.5) is 5.13 Å². The van der Waals surface area contributed by atoms with Crippen LogP contribution in [-0.2, 0) is 6.54 Å². The Balaban J connectivity index is 2.03. The van der Waals surface area contributed by atoms with Crippen molar-refractivity contribution < 1.29 is 0 Å². The summed E-state index contributed by atoms with van der Waals surface area (Å²) < 4.78 is 1.91. The summed E-state index contributed by atoms with van der Waals surface area (Å²) in [4.78, 5) is 9.81. The van der Waals surface area contributed by atoms with Crippen molar-refractivity contribution in [3.8, 4) is 0 Å². The highest BCUT2D eigenvalue weighted by atomic mass is 32.1. The first kappa shape index (κ1) is 12.0. The lowest BCUT2D eigenvalue weighted by Crippen LogP contribution is -2.02. The highest BCUT2D eigenvalue weighted by Gasteiger charge is 2.06. The Morgan fingerprint density at radius 3 is 2.88 bits per heavy atom. The summed E-state index contributed by atoms with van der Waals surface area (Å²) in [5.41, 5.74) is 0. The van der Waals surface area contributed by atoms with E-state index in [0.29, 0.717) is 0 Å². The SMILES string of the molecule is CCCNc1ncc(Cn2nc(C)nc2C)s1. The molecule has 0 aromatic carbocycles. The minimum absolute atomic E-state index is 0.748. The van der Waals surface area contributed by atoms with Crippen LogP contribution in [0.15, 0.2) is 6.20 Å². The van der Waals surface area contributed by atoms with Crippen LogP contribution in [0, 0.1) is 13.8 Å². The summed E-state index contributed by atoms with van der Waals surface area (Å²) >= 11 is 1.67. The molecule has 2 aromatic rings. The van der Waals surface area contributed by atoms with Gasteiger partial charge in [0.25, 0.3) is 0 Å². The van der Waals surface area contributed by atoms with E-state index >= 15 is 0 Å². The van der Waals surface area contributed by atoms with Gasteiger partial charge in [-0.3, -0.25) is 0 Å². The van der Waals surface area contributed by atoms with E-state index in [-0.39, 0.29) is 0 Å². The average Bonchev–Trinajstić information content (AvgIpc) is 2.84. The van der Waals surface area contributed by atoms with Gasteiger partial charge < -0.3 is 5.32 Å². The van der Waals surface area contributed by atoms with Gasteiger partial charge in [-0.1, -0.05) is 6.92 Å². The van der Waals surface area contributed by atoms with Crippen LogP contribution in [0.5, 0.6) is 0 Å². The zero-order valence-corrected chi connectivity index (χ0v) is 11.2. The maximum absolute atomic E-state index is 4.34. The van der Waals surface area contributed by atoms with Gasteiger partial charge in [-0.05, 0) is 20.3 Å². The largest absolute Gasteiger partial charge is 0.362 e. The van der Waals surface area contributed by atoms with Crippen LogP contribution in [0.25, 0.3) is 0 Å². The predicted octanol–water partition coefficient (Wildman–Crippen LogP) is 2.22. The minimum Gasteiger partial charge on any atom is -0.362 e. The molecule has 0 atom stereocenters. The Kier molecular flexibility index (Phi) is 3.73. The Labute approximate surface area is 105 Å². The summed E-state index contributed by atoms with van der Waals surface area (Å²) in [5, 5.41) is 8.61. The number of aromatic nitrogens is 4. The van der Waals surface area contributed by atoms with E-state index in [2.05, 4.69) is 27.3 Å². The Bertz CT molecular complexity index is 488. The van der Waals surface area contributed by atoms with Crippen LogP contribution in [-0.4, -0.2) is 26.3 Å². The van der Waals surface area contributed by atoms with E-state index in [0.717, 1.165) is 36.3 Å². The molecule has 0 saturated heterocycles. The molecule has 1 N–H and O–H groups in total. The summed E-state index contributed by atoms with van der Waals surface area (Å²) in [6.07, 6.45) is 3.01. The third kappa shape index (κ3) is 3.03. The standard InChI is InChI=1S/C11H17N5S/c1-4-5-12-11-13-6-10(17-11)7-16-9(3)14-8(2)15-16/h6H,4-5,7H2,1-3H3,(H,12,13). The maximum Gasteiger partial charge on any atom is 0.182 e. The van der Waals surface area contributed by atoms with Crippen LogP contribution < -0.4 is 5.32 Å². The zero-order valence-electron chi connectivity index (χ0n) is 10.4. The quantitative estimate of drug-likeness (QED) is 0.885. The van der Waals surface area contributed by atoms with Gasteiger partial charge in [0.1, 0.15) is 11.6 Å². The molecule has 6 heteroatoms. The summed E-state index contributed by atoms with van der Waals surface area (Å²) in [5.74, 6) is 1.76. The number of hydrogen-bond acceptors (Lipinski definition) is 5. The molecule has 0 aliphatic heterocycles. The number of thiazole rings is 1. The number of anilines is 1. The molecule has 5 nitrogen and oxygen atoms in total. The molecule has 0 amide bonds. The van der Waals surface area contributed by atoms with Crippen molar-refractivity contribution in [1.29, 1.82) is 0 Å². The summed E-state index contributed by atoms with van der Waals surface area (Å²) in [7, 11) is 0. The highest BCUT2D eigenvalue weighted by molar-refractivity contribution is 7.15. The molecule has 2 heterocycles. The lowest BCUT2D eigenvalue weighted by Gasteiger charge is -1.99. The van der Waals surface area contributed by atoms with Crippen molar-refractivity contribution in [2.24, 2.45) is 0 Å². The first-order chi connectivity index (χ1) is 8.19. The normalized spacial score (nSPS) is 10.8. The van der Waals surface area contributed by atoms with E-state index in [1.807, 2.05) is 24.7 Å². The van der Waals surface area contributed by atoms with E-state index in [4.69, 9.17) is 0 Å². The minimum atomic E-state index is 0.748. The zero-order chi connectivity index (χ0) is 12.3. The molecule has 0 saturated carbocycles. The Hall–Kier alpha value is -1.43. The third-order valence-corrected chi connectivity index (χ3v) is 3.29. The molecule has 2 aromatic heterocycles. The van der Waals surface area contributed by atoms with Gasteiger partial charge >= 0.3 is 0 Å². The number of nitrogens with one attached hydrogen (secondary N) is 1. The van der Waals surface area contributed by atoms with Crippen molar-refractivity contribution in [3.63, 3.8) is 0 Å². The number of aryl methyl sites for hydroxylation is 2. The van der Waals surface area contributed by atoms with Gasteiger partial charge in [-0.25, -0.2) is 14.6 Å². The molecular formula is C11H17N5S. The molecular weight excluding hydrogens is 234 g/mol. The van der Waals surface area contributed by atoms with Crippen molar-refractivity contribution in [2.75, 3.05) is 11.9 Å². The van der Waals surface area contributed by atoms with Crippen molar-refractivity contribution in [2.45, 2.75) is 33.7 Å². The van der Waals surface area contributed by atoms with Crippen molar-refractivity contribution >= 4 is 16.5 Å². The second-order valence-electron chi connectivity index (χ2n) is 3.92. The summed E-state index contributed by atoms with van der Waals surface area (Å²) in [6.45, 7) is 7.73. The Morgan fingerprint density at radius 1 is 1.41 bits per heavy atom. The van der Waals surface area contributed by atoms with Crippen LogP contribution in [0.3, 0.4) is 0 Å². The fourth-order valence-corrected chi connectivity index (χ4v) is 2.37. The molecule has 0 spiro atoms. The van der Waals surface area contributed by atoms with Crippen LogP contribution >= 0.6 is 11.3 Å². The molecule has 0 unspecified atom stereocenters. The number of nitrogens with zero attached hydrogens (tertiary/aromatic N) is 4. The third-order valence-electron chi connectivity index (χ3n) is 2.35. The lowest BCUT2D eigenvalue weighted by atomic mass is 10.5. The molecule has 92 valence electrons. The number of rotatable bonds is 5. The summed E-state index contributed by atoms with van der Waals surface area (Å²) in [6, 6.07) is 0. The van der Waals surface area contributed by atoms with E-state index in [1.165, 1.54) is 4.88 Å². The van der Waals surface area contributed by atoms with E-state index < -0.39 is 0 Å². The predicted molar refractivity (Wildman–Crippen MR) is 69.5 cm³/mol. The average molecular weight is 251 g/mol. The number of hydrogen-bond donors (Lipinski definition) is 1. The smallest absolute Gasteiger partial charge is 0.182 e. The second kappa shape index (κ2) is 5.27. The van der Waals surface area contributed by atoms with Gasteiger partial charge in [0.15, 0.2) is 5.13 Å². The molecule has 0 fully saturated rings. The molecule has 2 rings (SSSR count). The van der Waals surface area contributed by atoms with Gasteiger partial charge in [0.05, 0.1) is 6.54 Å². The first-order valence-electron chi connectivity index (χ1n) is 5.75. The molecule has 0 aliphatic carbocycles. The topological polar surface area (TPSA) is 55.6 Å². The maximum atomic E-state index is 4.34. The van der Waals surface area contributed by atoms with E-state index in [1.54, 1.807) is 11.3 Å². The fourth-order valence-electron chi connectivity index (χ4n) is 1.55. The van der Waals surface area contributed by atoms with Gasteiger partial charge in [0.2, 0.25) is 0 Å². The fraction of sp³-hybridized carbons (Fsp3) is 0.545. The molecule has 0 aliphatic rings. The first-order valence-corrected chi connectivity index (χ1v) is 6.57. The lowest BCUT2D eigenvalue weighted by molar-refractivity contribution is 0.662. The second-order valence-corrected chi connectivity index (χ2v) is 5.04. The van der Waals surface area contributed by atoms with Gasteiger partial charge in [-0.2, -0.15) is 5.10 Å². The van der Waals surface area contributed by atoms with Crippen LogP contribution in [0.1, 0.15) is 29.9 Å². The Morgan fingerprint density at radius 2 is 2.24 bits per heavy atom. The highest BCUT2D eigenvalue weighted by Crippen LogP contribution is 2.19. The molecule has 0 bridgehead atoms. The van der Waals surface area contributed by atoms with Crippen LogP contribution in [0.2, 0.25) is 0 Å². The molecule has 17 heavy (non-hydrogen) atoms. The van der Waals surface area contributed by atoms with E-state index in [9.17, 15) is 0 Å². The van der Waals surface area contributed by atoms with Crippen molar-refractivity contribution in [3.05, 3.63) is 22.7 Å². The van der Waals surface area contributed by atoms with Gasteiger partial charge in [0, 0.05) is 17.6 Å². The van der Waals surface area contributed by atoms with Gasteiger partial charge in [-0.15, -0.1) is 11.3 Å².